The Kier molecular flexibility index (Phi) is 6.50. The highest BCUT2D eigenvalue weighted by atomic mass is 16.6. The van der Waals surface area contributed by atoms with Gasteiger partial charge in [-0.05, 0) is 12.0 Å². The van der Waals surface area contributed by atoms with E-state index >= 15 is 0 Å². The highest BCUT2D eigenvalue weighted by molar-refractivity contribution is 5.81. The molecule has 7 nitrogen and oxygen atoms in total. The molecule has 0 aromatic heterocycles. The van der Waals surface area contributed by atoms with Crippen molar-refractivity contribution in [3.05, 3.63) is 34.4 Å². The van der Waals surface area contributed by atoms with Crippen LogP contribution in [0.15, 0.2) is 24.3 Å². The Morgan fingerprint density at radius 3 is 2.52 bits per heavy atom. The zero-order valence-corrected chi connectivity index (χ0v) is 14.0. The second kappa shape index (κ2) is 7.92. The average molecular weight is 323 g/mol. The van der Waals surface area contributed by atoms with Gasteiger partial charge in [0, 0.05) is 18.0 Å². The topological polar surface area (TPSA) is 104 Å². The highest BCUT2D eigenvalue weighted by Crippen LogP contribution is 2.25. The van der Waals surface area contributed by atoms with Gasteiger partial charge >= 0.3 is 0 Å². The van der Waals surface area contributed by atoms with Gasteiger partial charge in [-0.1, -0.05) is 39.8 Å². The Bertz CT molecular complexity index is 558. The summed E-state index contributed by atoms with van der Waals surface area (Å²) in [5.74, 6) is -0.195. The Morgan fingerprint density at radius 2 is 1.96 bits per heavy atom. The third-order valence-corrected chi connectivity index (χ3v) is 3.71. The van der Waals surface area contributed by atoms with Crippen LogP contribution < -0.4 is 10.6 Å². The standard InChI is InChI=1S/C16H25N3O4/c1-11(2)15(21)16(3,4)10-18-14(20)9-17-12-7-5-6-8-13(12)19(22)23/h5-8,11,15,17,21H,9-10H2,1-4H3,(H,18,20). The molecule has 128 valence electrons. The molecule has 1 atom stereocenters. The fourth-order valence-corrected chi connectivity index (χ4v) is 2.35. The zero-order chi connectivity index (χ0) is 17.6. The molecule has 3 N–H and O–H groups in total. The predicted octanol–water partition coefficient (Wildman–Crippen LogP) is 2.17. The van der Waals surface area contributed by atoms with E-state index in [1.54, 1.807) is 18.2 Å². The molecule has 0 aliphatic rings. The Hall–Kier alpha value is -2.15. The lowest BCUT2D eigenvalue weighted by molar-refractivity contribution is -0.383. The van der Waals surface area contributed by atoms with Gasteiger partial charge in [0.2, 0.25) is 5.91 Å². The zero-order valence-electron chi connectivity index (χ0n) is 14.0. The van der Waals surface area contributed by atoms with Crippen LogP contribution in [-0.4, -0.2) is 35.1 Å². The molecule has 0 radical (unpaired) electrons. The van der Waals surface area contributed by atoms with Gasteiger partial charge in [-0.3, -0.25) is 14.9 Å². The Balaban J connectivity index is 2.54. The van der Waals surface area contributed by atoms with Gasteiger partial charge in [0.15, 0.2) is 0 Å². The first-order valence-electron chi connectivity index (χ1n) is 7.57. The minimum absolute atomic E-state index is 0.0707. The number of carbonyl (C=O) groups is 1. The molecule has 0 bridgehead atoms. The summed E-state index contributed by atoms with van der Waals surface area (Å²) in [7, 11) is 0. The number of nitrogens with zero attached hydrogens (tertiary/aromatic N) is 1. The summed E-state index contributed by atoms with van der Waals surface area (Å²) in [6.07, 6.45) is -0.536. The lowest BCUT2D eigenvalue weighted by Gasteiger charge is -2.33. The van der Waals surface area contributed by atoms with Crippen molar-refractivity contribution in [2.45, 2.75) is 33.8 Å². The SMILES string of the molecule is CC(C)C(O)C(C)(C)CNC(=O)CNc1ccccc1[N+](=O)[O-]. The maximum Gasteiger partial charge on any atom is 0.292 e. The summed E-state index contributed by atoms with van der Waals surface area (Å²) in [6, 6.07) is 6.16. The molecule has 0 heterocycles. The fourth-order valence-electron chi connectivity index (χ4n) is 2.35. The first-order valence-corrected chi connectivity index (χ1v) is 7.57. The maximum absolute atomic E-state index is 11.9. The normalized spacial score (nSPS) is 12.8. The van der Waals surface area contributed by atoms with E-state index in [1.165, 1.54) is 6.07 Å². The van der Waals surface area contributed by atoms with Crippen LogP contribution in [0.3, 0.4) is 0 Å². The summed E-state index contributed by atoms with van der Waals surface area (Å²) in [5, 5.41) is 26.5. The van der Waals surface area contributed by atoms with Crippen LogP contribution >= 0.6 is 0 Å². The van der Waals surface area contributed by atoms with E-state index < -0.39 is 16.4 Å². The lowest BCUT2D eigenvalue weighted by atomic mass is 9.81. The summed E-state index contributed by atoms with van der Waals surface area (Å²) in [5.41, 5.74) is -0.229. The van der Waals surface area contributed by atoms with Gasteiger partial charge in [0.1, 0.15) is 5.69 Å². The van der Waals surface area contributed by atoms with Crippen LogP contribution in [-0.2, 0) is 4.79 Å². The number of hydrogen-bond acceptors (Lipinski definition) is 5. The minimum atomic E-state index is -0.536. The molecule has 1 amide bonds. The maximum atomic E-state index is 11.9. The van der Waals surface area contributed by atoms with Gasteiger partial charge in [-0.2, -0.15) is 0 Å². The third-order valence-electron chi connectivity index (χ3n) is 3.71. The van der Waals surface area contributed by atoms with Gasteiger partial charge < -0.3 is 15.7 Å². The molecular formula is C16H25N3O4. The molecular weight excluding hydrogens is 298 g/mol. The summed E-state index contributed by atoms with van der Waals surface area (Å²) >= 11 is 0. The number of nitro benzene ring substituents is 1. The molecule has 0 saturated carbocycles. The van der Waals surface area contributed by atoms with E-state index in [0.29, 0.717) is 12.2 Å². The lowest BCUT2D eigenvalue weighted by Crippen LogP contribution is -2.44. The number of nitro groups is 1. The van der Waals surface area contributed by atoms with Gasteiger partial charge in [0.25, 0.3) is 5.69 Å². The van der Waals surface area contributed by atoms with Crippen LogP contribution in [0.25, 0.3) is 0 Å². The number of aliphatic hydroxyl groups is 1. The first-order chi connectivity index (χ1) is 10.6. The number of nitrogens with one attached hydrogen (secondary N) is 2. The molecule has 1 aromatic carbocycles. The first kappa shape index (κ1) is 18.9. The van der Waals surface area contributed by atoms with Crippen molar-refractivity contribution in [2.75, 3.05) is 18.4 Å². The molecule has 1 rings (SSSR count). The number of anilines is 1. The van der Waals surface area contributed by atoms with Crippen molar-refractivity contribution in [1.29, 1.82) is 0 Å². The Morgan fingerprint density at radius 1 is 1.35 bits per heavy atom. The number of aliphatic hydroxyl groups excluding tert-OH is 1. The van der Waals surface area contributed by atoms with Gasteiger partial charge in [-0.25, -0.2) is 0 Å². The number of amides is 1. The number of benzene rings is 1. The van der Waals surface area contributed by atoms with Crippen molar-refractivity contribution in [2.24, 2.45) is 11.3 Å². The van der Waals surface area contributed by atoms with Gasteiger partial charge in [0.05, 0.1) is 17.6 Å². The van der Waals surface area contributed by atoms with Crippen molar-refractivity contribution in [1.82, 2.24) is 5.32 Å². The monoisotopic (exact) mass is 323 g/mol. The van der Waals surface area contributed by atoms with E-state index in [1.807, 2.05) is 27.7 Å². The quantitative estimate of drug-likeness (QED) is 0.502. The molecule has 1 unspecified atom stereocenters. The number of carbonyl (C=O) groups excluding carboxylic acids is 1. The molecule has 0 aliphatic carbocycles. The number of rotatable bonds is 8. The second-order valence-electron chi connectivity index (χ2n) is 6.58. The van der Waals surface area contributed by atoms with Crippen molar-refractivity contribution in [3.63, 3.8) is 0 Å². The van der Waals surface area contributed by atoms with E-state index in [0.717, 1.165) is 0 Å². The highest BCUT2D eigenvalue weighted by Gasteiger charge is 2.30. The Labute approximate surface area is 136 Å². The van der Waals surface area contributed by atoms with Crippen molar-refractivity contribution < 1.29 is 14.8 Å². The molecule has 7 heteroatoms. The number of para-hydroxylation sites is 2. The van der Waals surface area contributed by atoms with Crippen molar-refractivity contribution >= 4 is 17.3 Å². The van der Waals surface area contributed by atoms with E-state index in [2.05, 4.69) is 10.6 Å². The largest absolute Gasteiger partial charge is 0.392 e. The number of hydrogen-bond donors (Lipinski definition) is 3. The summed E-state index contributed by atoms with van der Waals surface area (Å²) in [6.45, 7) is 7.86. The fraction of sp³-hybridized carbons (Fsp3) is 0.562. The molecule has 0 aliphatic heterocycles. The predicted molar refractivity (Wildman–Crippen MR) is 89.2 cm³/mol. The summed E-state index contributed by atoms with van der Waals surface area (Å²) in [4.78, 5) is 22.3. The van der Waals surface area contributed by atoms with Crippen molar-refractivity contribution in [3.8, 4) is 0 Å². The smallest absolute Gasteiger partial charge is 0.292 e. The molecule has 0 saturated heterocycles. The molecule has 23 heavy (non-hydrogen) atoms. The molecule has 0 fully saturated rings. The summed E-state index contributed by atoms with van der Waals surface area (Å²) < 4.78 is 0. The average Bonchev–Trinajstić information content (AvgIpc) is 2.50. The van der Waals surface area contributed by atoms with Crippen LogP contribution in [0.2, 0.25) is 0 Å². The van der Waals surface area contributed by atoms with Crippen LogP contribution in [0.5, 0.6) is 0 Å². The molecule has 1 aromatic rings. The molecule has 0 spiro atoms. The van der Waals surface area contributed by atoms with E-state index in [9.17, 15) is 20.0 Å². The third kappa shape index (κ3) is 5.52. The minimum Gasteiger partial charge on any atom is -0.392 e. The van der Waals surface area contributed by atoms with E-state index in [4.69, 9.17) is 0 Å². The van der Waals surface area contributed by atoms with Crippen LogP contribution in [0.4, 0.5) is 11.4 Å². The van der Waals surface area contributed by atoms with Gasteiger partial charge in [-0.15, -0.1) is 0 Å². The second-order valence-corrected chi connectivity index (χ2v) is 6.58. The van der Waals surface area contributed by atoms with Crippen LogP contribution in [0.1, 0.15) is 27.7 Å². The van der Waals surface area contributed by atoms with Crippen LogP contribution in [0, 0.1) is 21.4 Å². The van der Waals surface area contributed by atoms with E-state index in [-0.39, 0.29) is 24.1 Å².